The molecule has 1 N–H and O–H groups in total. The standard InChI is InChI=1S/C25H22N4O3S/c1-14-8-18(22-20(9-14)28-15(12-27-22)13-31-2)25-29-23-17(10-16(32-3)11-21(23)33-25)24(30)19-6-4-5-7-26-19/h4-12,24,30H,13H2,1-3H3. The molecule has 0 spiro atoms. The smallest absolute Gasteiger partial charge is 0.126 e. The SMILES string of the molecule is COCc1cnc2c(-c3nc4c(C(O)c5ccccn5)cc(OC)cc4s3)cc(C)cc2n1. The molecule has 0 fully saturated rings. The van der Waals surface area contributed by atoms with Crippen LogP contribution in [0.2, 0.25) is 0 Å². The summed E-state index contributed by atoms with van der Waals surface area (Å²) in [5.74, 6) is 0.654. The van der Waals surface area contributed by atoms with Gasteiger partial charge in [-0.15, -0.1) is 11.3 Å². The van der Waals surface area contributed by atoms with Crippen LogP contribution >= 0.6 is 11.3 Å². The highest BCUT2D eigenvalue weighted by molar-refractivity contribution is 7.21. The van der Waals surface area contributed by atoms with Crippen molar-refractivity contribution in [2.45, 2.75) is 19.6 Å². The van der Waals surface area contributed by atoms with Gasteiger partial charge in [0.05, 0.1) is 52.6 Å². The molecule has 0 aliphatic rings. The molecule has 7 nitrogen and oxygen atoms in total. The van der Waals surface area contributed by atoms with Gasteiger partial charge in [0.1, 0.15) is 16.9 Å². The summed E-state index contributed by atoms with van der Waals surface area (Å²) in [6.07, 6.45) is 2.47. The average molecular weight is 459 g/mol. The van der Waals surface area contributed by atoms with Gasteiger partial charge in [-0.2, -0.15) is 0 Å². The minimum atomic E-state index is -0.926. The number of benzene rings is 2. The van der Waals surface area contributed by atoms with Gasteiger partial charge < -0.3 is 14.6 Å². The number of aryl methyl sites for hydroxylation is 1. The zero-order valence-corrected chi connectivity index (χ0v) is 19.3. The van der Waals surface area contributed by atoms with E-state index < -0.39 is 6.10 Å². The molecule has 3 aromatic heterocycles. The predicted octanol–water partition coefficient (Wildman–Crippen LogP) is 4.85. The number of aliphatic hydroxyl groups excluding tert-OH is 1. The van der Waals surface area contributed by atoms with Gasteiger partial charge in [-0.05, 0) is 48.9 Å². The van der Waals surface area contributed by atoms with Crippen molar-refractivity contribution in [3.63, 3.8) is 0 Å². The van der Waals surface area contributed by atoms with Crippen molar-refractivity contribution >= 4 is 32.6 Å². The van der Waals surface area contributed by atoms with E-state index in [4.69, 9.17) is 19.4 Å². The first-order chi connectivity index (χ1) is 16.1. The highest BCUT2D eigenvalue weighted by atomic mass is 32.1. The van der Waals surface area contributed by atoms with Gasteiger partial charge in [-0.25, -0.2) is 9.97 Å². The number of aromatic nitrogens is 4. The maximum absolute atomic E-state index is 11.1. The minimum absolute atomic E-state index is 0.405. The van der Waals surface area contributed by atoms with Crippen molar-refractivity contribution in [1.29, 1.82) is 0 Å². The lowest BCUT2D eigenvalue weighted by atomic mass is 10.0. The Morgan fingerprint density at radius 3 is 2.67 bits per heavy atom. The first-order valence-corrected chi connectivity index (χ1v) is 11.2. The molecule has 3 heterocycles. The maximum atomic E-state index is 11.1. The van der Waals surface area contributed by atoms with Crippen LogP contribution in [0.25, 0.3) is 31.8 Å². The van der Waals surface area contributed by atoms with Crippen LogP contribution in [0.3, 0.4) is 0 Å². The molecule has 0 aliphatic carbocycles. The lowest BCUT2D eigenvalue weighted by Gasteiger charge is -2.12. The van der Waals surface area contributed by atoms with Crippen molar-refractivity contribution in [2.24, 2.45) is 0 Å². The minimum Gasteiger partial charge on any atom is -0.497 e. The monoisotopic (exact) mass is 458 g/mol. The molecule has 166 valence electrons. The van der Waals surface area contributed by atoms with Crippen molar-refractivity contribution < 1.29 is 14.6 Å². The van der Waals surface area contributed by atoms with Gasteiger partial charge >= 0.3 is 0 Å². The zero-order chi connectivity index (χ0) is 22.9. The van der Waals surface area contributed by atoms with Crippen LogP contribution in [0, 0.1) is 6.92 Å². The number of fused-ring (bicyclic) bond motifs is 2. The second-order valence-corrected chi connectivity index (χ2v) is 8.74. The molecule has 0 saturated carbocycles. The summed E-state index contributed by atoms with van der Waals surface area (Å²) in [6.45, 7) is 2.43. The average Bonchev–Trinajstić information content (AvgIpc) is 3.27. The Morgan fingerprint density at radius 1 is 1.03 bits per heavy atom. The van der Waals surface area contributed by atoms with E-state index in [1.54, 1.807) is 32.7 Å². The van der Waals surface area contributed by atoms with Crippen LogP contribution in [-0.2, 0) is 11.3 Å². The lowest BCUT2D eigenvalue weighted by molar-refractivity contribution is 0.181. The first kappa shape index (κ1) is 21.4. The Morgan fingerprint density at radius 2 is 1.91 bits per heavy atom. The third-order valence-corrected chi connectivity index (χ3v) is 6.40. The van der Waals surface area contributed by atoms with Crippen LogP contribution < -0.4 is 4.74 Å². The molecule has 2 aromatic carbocycles. The molecule has 1 unspecified atom stereocenters. The second kappa shape index (κ2) is 8.82. The van der Waals surface area contributed by atoms with E-state index in [0.717, 1.165) is 37.6 Å². The van der Waals surface area contributed by atoms with Crippen LogP contribution in [0.5, 0.6) is 5.75 Å². The Labute approximate surface area is 194 Å². The summed E-state index contributed by atoms with van der Waals surface area (Å²) in [7, 11) is 3.25. The summed E-state index contributed by atoms with van der Waals surface area (Å²) in [5, 5.41) is 11.9. The van der Waals surface area contributed by atoms with Gasteiger partial charge in [0, 0.05) is 24.4 Å². The molecular formula is C25H22N4O3S. The predicted molar refractivity (Wildman–Crippen MR) is 128 cm³/mol. The Hall–Kier alpha value is -3.46. The number of nitrogens with zero attached hydrogens (tertiary/aromatic N) is 4. The van der Waals surface area contributed by atoms with E-state index in [0.29, 0.717) is 29.1 Å². The first-order valence-electron chi connectivity index (χ1n) is 10.4. The number of hydrogen-bond acceptors (Lipinski definition) is 8. The van der Waals surface area contributed by atoms with Gasteiger partial charge in [0.2, 0.25) is 0 Å². The quantitative estimate of drug-likeness (QED) is 0.389. The molecule has 0 bridgehead atoms. The van der Waals surface area contributed by atoms with Gasteiger partial charge in [-0.1, -0.05) is 6.07 Å². The third kappa shape index (κ3) is 4.04. The molecule has 8 heteroatoms. The molecule has 0 saturated heterocycles. The highest BCUT2D eigenvalue weighted by Crippen LogP contribution is 2.39. The highest BCUT2D eigenvalue weighted by Gasteiger charge is 2.21. The van der Waals surface area contributed by atoms with Crippen LogP contribution in [-0.4, -0.2) is 39.3 Å². The Kier molecular flexibility index (Phi) is 5.72. The summed E-state index contributed by atoms with van der Waals surface area (Å²) in [4.78, 5) is 18.6. The summed E-state index contributed by atoms with van der Waals surface area (Å²) >= 11 is 1.53. The molecule has 5 aromatic rings. The molecular weight excluding hydrogens is 436 g/mol. The van der Waals surface area contributed by atoms with Crippen molar-refractivity contribution in [2.75, 3.05) is 14.2 Å². The summed E-state index contributed by atoms with van der Waals surface area (Å²) < 4.78 is 11.6. The van der Waals surface area contributed by atoms with E-state index in [-0.39, 0.29) is 0 Å². The number of thiazole rings is 1. The normalized spacial score (nSPS) is 12.4. The van der Waals surface area contributed by atoms with Crippen LogP contribution in [0.4, 0.5) is 0 Å². The number of rotatable bonds is 6. The topological polar surface area (TPSA) is 90.3 Å². The Balaban J connectivity index is 1.70. The number of aliphatic hydroxyl groups is 1. The van der Waals surface area contributed by atoms with E-state index in [1.807, 2.05) is 37.3 Å². The molecule has 1 atom stereocenters. The van der Waals surface area contributed by atoms with Gasteiger partial charge in [0.15, 0.2) is 0 Å². The maximum Gasteiger partial charge on any atom is 0.126 e. The fourth-order valence-electron chi connectivity index (χ4n) is 3.85. The Bertz CT molecular complexity index is 1450. The van der Waals surface area contributed by atoms with Gasteiger partial charge in [0.25, 0.3) is 0 Å². The third-order valence-electron chi connectivity index (χ3n) is 5.36. The number of pyridine rings is 1. The summed E-state index contributed by atoms with van der Waals surface area (Å²) in [5.41, 5.74) is 6.23. The lowest BCUT2D eigenvalue weighted by Crippen LogP contribution is -2.03. The van der Waals surface area contributed by atoms with Crippen molar-refractivity contribution in [3.05, 3.63) is 77.4 Å². The van der Waals surface area contributed by atoms with E-state index in [1.165, 1.54) is 11.3 Å². The summed E-state index contributed by atoms with van der Waals surface area (Å²) in [6, 6.07) is 13.3. The van der Waals surface area contributed by atoms with Crippen LogP contribution in [0.1, 0.15) is 28.6 Å². The molecule has 0 aliphatic heterocycles. The molecule has 33 heavy (non-hydrogen) atoms. The fraction of sp³-hybridized carbons (Fsp3) is 0.200. The number of methoxy groups -OCH3 is 2. The van der Waals surface area contributed by atoms with Crippen molar-refractivity contribution in [1.82, 2.24) is 19.9 Å². The molecule has 0 amide bonds. The molecule has 0 radical (unpaired) electrons. The second-order valence-electron chi connectivity index (χ2n) is 7.71. The fourth-order valence-corrected chi connectivity index (χ4v) is 4.90. The number of ether oxygens (including phenoxy) is 2. The molecule has 5 rings (SSSR count). The van der Waals surface area contributed by atoms with E-state index in [9.17, 15) is 5.11 Å². The zero-order valence-electron chi connectivity index (χ0n) is 18.4. The van der Waals surface area contributed by atoms with E-state index >= 15 is 0 Å². The van der Waals surface area contributed by atoms with Crippen LogP contribution in [0.15, 0.2) is 54.9 Å². The van der Waals surface area contributed by atoms with Crippen molar-refractivity contribution in [3.8, 4) is 16.3 Å². The van der Waals surface area contributed by atoms with E-state index in [2.05, 4.69) is 16.0 Å². The number of hydrogen-bond donors (Lipinski definition) is 1. The van der Waals surface area contributed by atoms with Gasteiger partial charge in [-0.3, -0.25) is 9.97 Å². The largest absolute Gasteiger partial charge is 0.497 e.